The molecule has 1 nitrogen and oxygen atoms in total. The monoisotopic (exact) mass is 243 g/mol. The van der Waals surface area contributed by atoms with Crippen LogP contribution in [-0.4, -0.2) is 6.00 Å². The number of hydrogen-bond donors (Lipinski definition) is 0. The molecule has 1 unspecified atom stereocenters. The van der Waals surface area contributed by atoms with Crippen LogP contribution in [0.3, 0.4) is 0 Å². The van der Waals surface area contributed by atoms with E-state index in [4.69, 9.17) is 38.5 Å². The van der Waals surface area contributed by atoms with E-state index in [0.29, 0.717) is 0 Å². The average Bonchev–Trinajstić information content (AvgIpc) is 1.95. The maximum Gasteiger partial charge on any atom is 0.357 e. The Labute approximate surface area is 88.7 Å². The fourth-order valence-electron chi connectivity index (χ4n) is 0.900. The Bertz CT molecular complexity index is 161. The van der Waals surface area contributed by atoms with Crippen LogP contribution in [0.4, 0.5) is 0 Å². The zero-order valence-electron chi connectivity index (χ0n) is 6.99. The van der Waals surface area contributed by atoms with Crippen LogP contribution in [0.15, 0.2) is 0 Å². The Morgan fingerprint density at radius 1 is 1.33 bits per heavy atom. The molecule has 0 aliphatic heterocycles. The van der Waals surface area contributed by atoms with Crippen LogP contribution in [0.25, 0.3) is 0 Å². The molecule has 12 heavy (non-hydrogen) atoms. The number of unbranched alkanes of at least 4 members (excludes halogenated alkanes) is 2. The fourth-order valence-corrected chi connectivity index (χ4v) is 3.00. The van der Waals surface area contributed by atoms with Crippen molar-refractivity contribution in [3.05, 3.63) is 0 Å². The summed E-state index contributed by atoms with van der Waals surface area (Å²) in [7, 11) is 0. The van der Waals surface area contributed by atoms with E-state index in [1.54, 1.807) is 0 Å². The van der Waals surface area contributed by atoms with Crippen LogP contribution in [0.2, 0.25) is 5.54 Å². The summed E-state index contributed by atoms with van der Waals surface area (Å²) in [5, 5.41) is 8.69. The van der Waals surface area contributed by atoms with Gasteiger partial charge in [-0.05, 0) is 6.42 Å². The second-order valence-electron chi connectivity index (χ2n) is 2.72. The van der Waals surface area contributed by atoms with Gasteiger partial charge >= 0.3 is 6.00 Å². The van der Waals surface area contributed by atoms with E-state index in [9.17, 15) is 0 Å². The van der Waals surface area contributed by atoms with Crippen molar-refractivity contribution in [3.8, 4) is 6.07 Å². The molecule has 0 radical (unpaired) electrons. The third-order valence-electron chi connectivity index (χ3n) is 1.65. The predicted octanol–water partition coefficient (Wildman–Crippen LogP) is 4.12. The molecule has 0 amide bonds. The Kier molecular flexibility index (Phi) is 6.39. The molecule has 0 aromatic heterocycles. The van der Waals surface area contributed by atoms with Gasteiger partial charge in [-0.25, -0.2) is 0 Å². The number of nitriles is 1. The van der Waals surface area contributed by atoms with Crippen molar-refractivity contribution in [2.45, 2.75) is 38.1 Å². The molecule has 0 aromatic carbocycles. The highest BCUT2D eigenvalue weighted by molar-refractivity contribution is 7.65. The van der Waals surface area contributed by atoms with Gasteiger partial charge in [0.25, 0.3) is 0 Å². The van der Waals surface area contributed by atoms with E-state index >= 15 is 0 Å². The van der Waals surface area contributed by atoms with Gasteiger partial charge in [0, 0.05) is 0 Å². The van der Waals surface area contributed by atoms with Crippen molar-refractivity contribution < 1.29 is 0 Å². The molecule has 0 aromatic rings. The highest BCUT2D eigenvalue weighted by Gasteiger charge is 2.36. The summed E-state index contributed by atoms with van der Waals surface area (Å²) in [6.45, 7) is 2.11. The van der Waals surface area contributed by atoms with Crippen molar-refractivity contribution in [3.63, 3.8) is 0 Å². The van der Waals surface area contributed by atoms with Gasteiger partial charge in [0.1, 0.15) is 0 Å². The van der Waals surface area contributed by atoms with E-state index in [-0.39, 0.29) is 5.54 Å². The molecule has 0 spiro atoms. The third-order valence-corrected chi connectivity index (χ3v) is 5.23. The van der Waals surface area contributed by atoms with Gasteiger partial charge in [0.05, 0.1) is 11.6 Å². The first kappa shape index (κ1) is 12.6. The second-order valence-corrected chi connectivity index (χ2v) is 11.6. The van der Waals surface area contributed by atoms with E-state index in [0.717, 1.165) is 25.7 Å². The number of hydrogen-bond acceptors (Lipinski definition) is 1. The third kappa shape index (κ3) is 5.26. The molecule has 0 heterocycles. The van der Waals surface area contributed by atoms with Crippen molar-refractivity contribution in [1.29, 1.82) is 5.26 Å². The van der Waals surface area contributed by atoms with Crippen LogP contribution >= 0.6 is 33.2 Å². The molecule has 0 saturated heterocycles. The normalized spacial score (nSPS) is 13.9. The summed E-state index contributed by atoms with van der Waals surface area (Å²) in [5.74, 6) is 0. The zero-order chi connectivity index (χ0) is 9.61. The molecule has 5 heteroatoms. The van der Waals surface area contributed by atoms with Gasteiger partial charge in [-0.2, -0.15) is 5.26 Å². The first-order valence-corrected chi connectivity index (χ1v) is 9.10. The summed E-state index contributed by atoms with van der Waals surface area (Å²) in [5.41, 5.74) is -0.339. The van der Waals surface area contributed by atoms with E-state index in [1.807, 2.05) is 0 Å². The SMILES string of the molecule is CCCCCC(C#N)[Si](Cl)(Cl)Cl. The van der Waals surface area contributed by atoms with Gasteiger partial charge in [-0.15, -0.1) is 33.2 Å². The Morgan fingerprint density at radius 3 is 2.25 bits per heavy atom. The molecule has 0 rings (SSSR count). The lowest BCUT2D eigenvalue weighted by Crippen LogP contribution is -2.18. The molecular formula is C7H12Cl3NSi. The van der Waals surface area contributed by atoms with Gasteiger partial charge in [0.2, 0.25) is 0 Å². The van der Waals surface area contributed by atoms with Crippen LogP contribution < -0.4 is 0 Å². The minimum absolute atomic E-state index is 0.339. The second kappa shape index (κ2) is 6.10. The Balaban J connectivity index is 3.79. The molecule has 0 aliphatic carbocycles. The number of halogens is 3. The first-order chi connectivity index (χ1) is 5.52. The van der Waals surface area contributed by atoms with E-state index in [2.05, 4.69) is 13.0 Å². The topological polar surface area (TPSA) is 23.8 Å². The summed E-state index contributed by atoms with van der Waals surface area (Å²) in [6.07, 6.45) is 3.94. The molecule has 0 aliphatic rings. The molecule has 0 N–H and O–H groups in total. The van der Waals surface area contributed by atoms with Crippen LogP contribution in [0, 0.1) is 11.3 Å². The highest BCUT2D eigenvalue weighted by atomic mass is 35.8. The summed E-state index contributed by atoms with van der Waals surface area (Å²) in [4.78, 5) is 0. The lowest BCUT2D eigenvalue weighted by molar-refractivity contribution is 0.675. The largest absolute Gasteiger partial charge is 0.357 e. The van der Waals surface area contributed by atoms with Crippen LogP contribution in [0.1, 0.15) is 32.6 Å². The van der Waals surface area contributed by atoms with Crippen molar-refractivity contribution >= 4 is 39.2 Å². The smallest absolute Gasteiger partial charge is 0.198 e. The fraction of sp³-hybridized carbons (Fsp3) is 0.857. The molecule has 0 bridgehead atoms. The minimum atomic E-state index is -2.78. The lowest BCUT2D eigenvalue weighted by atomic mass is 10.2. The summed E-state index contributed by atoms with van der Waals surface area (Å²) >= 11 is 17.2. The first-order valence-electron chi connectivity index (χ1n) is 3.98. The molecule has 70 valence electrons. The summed E-state index contributed by atoms with van der Waals surface area (Å²) < 4.78 is 0. The molecule has 0 saturated carbocycles. The Morgan fingerprint density at radius 2 is 1.92 bits per heavy atom. The maximum absolute atomic E-state index is 8.69. The van der Waals surface area contributed by atoms with E-state index in [1.165, 1.54) is 0 Å². The highest BCUT2D eigenvalue weighted by Crippen LogP contribution is 2.36. The quantitative estimate of drug-likeness (QED) is 0.405. The van der Waals surface area contributed by atoms with E-state index < -0.39 is 6.00 Å². The minimum Gasteiger partial charge on any atom is -0.198 e. The molecule has 1 atom stereocenters. The summed E-state index contributed by atoms with van der Waals surface area (Å²) in [6, 6.07) is -0.714. The average molecular weight is 245 g/mol. The van der Waals surface area contributed by atoms with Gasteiger partial charge in [0.15, 0.2) is 0 Å². The maximum atomic E-state index is 8.69. The van der Waals surface area contributed by atoms with Gasteiger partial charge in [-0.1, -0.05) is 26.2 Å². The van der Waals surface area contributed by atoms with Crippen molar-refractivity contribution in [2.24, 2.45) is 0 Å². The lowest BCUT2D eigenvalue weighted by Gasteiger charge is -2.13. The standard InChI is InChI=1S/C7H12Cl3NSi/c1-2-3-4-5-7(6-11)12(8,9)10/h7H,2-5H2,1H3. The van der Waals surface area contributed by atoms with Crippen LogP contribution in [-0.2, 0) is 0 Å². The number of nitrogens with zero attached hydrogens (tertiary/aromatic N) is 1. The Hall–Kier alpha value is 0.577. The van der Waals surface area contributed by atoms with Crippen molar-refractivity contribution in [2.75, 3.05) is 0 Å². The predicted molar refractivity (Wildman–Crippen MR) is 56.8 cm³/mol. The number of rotatable bonds is 5. The van der Waals surface area contributed by atoms with Crippen molar-refractivity contribution in [1.82, 2.24) is 0 Å². The zero-order valence-corrected chi connectivity index (χ0v) is 10.3. The molecule has 0 fully saturated rings. The van der Waals surface area contributed by atoms with Crippen LogP contribution in [0.5, 0.6) is 0 Å². The molecular weight excluding hydrogens is 233 g/mol. The van der Waals surface area contributed by atoms with Gasteiger partial charge < -0.3 is 0 Å². The van der Waals surface area contributed by atoms with Gasteiger partial charge in [-0.3, -0.25) is 0 Å².